The fraction of sp³-hybridized carbons (Fsp3) is 0.120. The predicted octanol–water partition coefficient (Wildman–Crippen LogP) is 4.44. The zero-order valence-electron chi connectivity index (χ0n) is 16.2. The highest BCUT2D eigenvalue weighted by Gasteiger charge is 2.38. The number of esters is 1. The van der Waals surface area contributed by atoms with Crippen LogP contribution in [0.25, 0.3) is 0 Å². The fourth-order valence-corrected chi connectivity index (χ4v) is 3.84. The average Bonchev–Trinajstić information content (AvgIpc) is 3.25. The molecule has 4 heteroatoms. The van der Waals surface area contributed by atoms with Gasteiger partial charge in [0.05, 0.1) is 25.6 Å². The molecular formula is C25H22N2O2. The number of carbonyl (C=O) groups is 1. The Morgan fingerprint density at radius 1 is 0.828 bits per heavy atom. The van der Waals surface area contributed by atoms with Crippen LogP contribution in [0.4, 0.5) is 0 Å². The molecule has 144 valence electrons. The van der Waals surface area contributed by atoms with Crippen molar-refractivity contribution in [1.29, 1.82) is 0 Å². The largest absolute Gasteiger partial charge is 0.469 e. The molecule has 4 aromatic rings. The number of aromatic nitrogens is 2. The lowest BCUT2D eigenvalue weighted by atomic mass is 9.77. The van der Waals surface area contributed by atoms with E-state index in [1.165, 1.54) is 7.11 Å². The summed E-state index contributed by atoms with van der Waals surface area (Å²) < 4.78 is 6.90. The summed E-state index contributed by atoms with van der Waals surface area (Å²) in [7, 11) is 1.39. The number of hydrogen-bond acceptors (Lipinski definition) is 3. The van der Waals surface area contributed by atoms with Crippen LogP contribution < -0.4 is 0 Å². The molecule has 1 aromatic heterocycles. The lowest BCUT2D eigenvalue weighted by molar-refractivity contribution is -0.139. The minimum absolute atomic E-state index is 0.137. The first-order valence-corrected chi connectivity index (χ1v) is 9.52. The molecule has 0 amide bonds. The first-order valence-electron chi connectivity index (χ1n) is 9.52. The van der Waals surface area contributed by atoms with E-state index in [4.69, 9.17) is 4.74 Å². The number of benzene rings is 3. The van der Waals surface area contributed by atoms with Crippen LogP contribution in [0.5, 0.6) is 0 Å². The Morgan fingerprint density at radius 2 is 1.28 bits per heavy atom. The highest BCUT2D eigenvalue weighted by molar-refractivity contribution is 5.71. The summed E-state index contributed by atoms with van der Waals surface area (Å²) in [5.41, 5.74) is 3.38. The van der Waals surface area contributed by atoms with Gasteiger partial charge in [-0.15, -0.1) is 0 Å². The maximum absolute atomic E-state index is 11.8. The van der Waals surface area contributed by atoms with Gasteiger partial charge in [-0.3, -0.25) is 4.79 Å². The number of ether oxygens (including phenoxy) is 1. The van der Waals surface area contributed by atoms with E-state index in [-0.39, 0.29) is 12.4 Å². The zero-order chi connectivity index (χ0) is 20.1. The molecule has 0 spiro atoms. The van der Waals surface area contributed by atoms with Crippen molar-refractivity contribution in [1.82, 2.24) is 9.55 Å². The van der Waals surface area contributed by atoms with E-state index in [1.54, 1.807) is 6.33 Å². The maximum atomic E-state index is 11.8. The Morgan fingerprint density at radius 3 is 1.69 bits per heavy atom. The monoisotopic (exact) mass is 382 g/mol. The van der Waals surface area contributed by atoms with Crippen molar-refractivity contribution in [2.45, 2.75) is 12.0 Å². The summed E-state index contributed by atoms with van der Waals surface area (Å²) >= 11 is 0. The van der Waals surface area contributed by atoms with Gasteiger partial charge in [0.25, 0.3) is 0 Å². The molecule has 0 bridgehead atoms. The Labute approximate surface area is 170 Å². The van der Waals surface area contributed by atoms with E-state index in [2.05, 4.69) is 45.9 Å². The maximum Gasteiger partial charge on any atom is 0.311 e. The van der Waals surface area contributed by atoms with E-state index >= 15 is 0 Å². The van der Waals surface area contributed by atoms with E-state index in [0.717, 1.165) is 16.7 Å². The van der Waals surface area contributed by atoms with Crippen LogP contribution in [0.15, 0.2) is 104 Å². The van der Waals surface area contributed by atoms with Gasteiger partial charge in [-0.2, -0.15) is 0 Å². The van der Waals surface area contributed by atoms with Crippen molar-refractivity contribution < 1.29 is 9.53 Å². The van der Waals surface area contributed by atoms with Gasteiger partial charge < -0.3 is 9.30 Å². The van der Waals surface area contributed by atoms with E-state index in [0.29, 0.717) is 5.69 Å². The van der Waals surface area contributed by atoms with Gasteiger partial charge in [-0.25, -0.2) is 4.98 Å². The van der Waals surface area contributed by atoms with Crippen molar-refractivity contribution in [2.24, 2.45) is 0 Å². The molecule has 0 N–H and O–H groups in total. The third kappa shape index (κ3) is 3.45. The molecule has 0 atom stereocenters. The van der Waals surface area contributed by atoms with Gasteiger partial charge in [-0.1, -0.05) is 91.0 Å². The summed E-state index contributed by atoms with van der Waals surface area (Å²) in [5, 5.41) is 0. The molecule has 0 fully saturated rings. The summed E-state index contributed by atoms with van der Waals surface area (Å²) in [6, 6.07) is 31.1. The van der Waals surface area contributed by atoms with E-state index in [9.17, 15) is 4.79 Å². The Balaban J connectivity index is 2.00. The average molecular weight is 382 g/mol. The van der Waals surface area contributed by atoms with Crippen molar-refractivity contribution in [3.05, 3.63) is 126 Å². The van der Waals surface area contributed by atoms with Crippen LogP contribution in [0.1, 0.15) is 22.4 Å². The van der Waals surface area contributed by atoms with Crippen LogP contribution in [-0.2, 0) is 21.5 Å². The minimum atomic E-state index is -0.620. The SMILES string of the molecule is COC(=O)Cc1cn(C(c2ccccc2)(c2ccccc2)c2ccccc2)cn1. The van der Waals surface area contributed by atoms with Crippen LogP contribution in [0.3, 0.4) is 0 Å². The van der Waals surface area contributed by atoms with Gasteiger partial charge in [0.2, 0.25) is 0 Å². The molecule has 0 aliphatic rings. The van der Waals surface area contributed by atoms with Crippen molar-refractivity contribution >= 4 is 5.97 Å². The summed E-state index contributed by atoms with van der Waals surface area (Å²) in [6.45, 7) is 0. The third-order valence-corrected chi connectivity index (χ3v) is 5.15. The van der Waals surface area contributed by atoms with Gasteiger partial charge in [0, 0.05) is 6.20 Å². The number of hydrogen-bond donors (Lipinski definition) is 0. The second kappa shape index (κ2) is 8.15. The molecule has 0 saturated heterocycles. The topological polar surface area (TPSA) is 44.1 Å². The molecule has 4 rings (SSSR count). The van der Waals surface area contributed by atoms with Gasteiger partial charge in [0.1, 0.15) is 5.54 Å². The number of carbonyl (C=O) groups excluding carboxylic acids is 1. The zero-order valence-corrected chi connectivity index (χ0v) is 16.2. The molecule has 0 aliphatic carbocycles. The molecule has 1 heterocycles. The fourth-order valence-electron chi connectivity index (χ4n) is 3.84. The normalized spacial score (nSPS) is 11.2. The highest BCUT2D eigenvalue weighted by Crippen LogP contribution is 2.40. The molecule has 29 heavy (non-hydrogen) atoms. The van der Waals surface area contributed by atoms with Crippen molar-refractivity contribution in [3.63, 3.8) is 0 Å². The van der Waals surface area contributed by atoms with E-state index < -0.39 is 5.54 Å². The Kier molecular flexibility index (Phi) is 5.25. The van der Waals surface area contributed by atoms with E-state index in [1.807, 2.05) is 60.8 Å². The van der Waals surface area contributed by atoms with Crippen LogP contribution in [-0.4, -0.2) is 22.6 Å². The Hall–Kier alpha value is -3.66. The second-order valence-electron chi connectivity index (χ2n) is 6.83. The summed E-state index contributed by atoms with van der Waals surface area (Å²) in [6.07, 6.45) is 3.87. The second-order valence-corrected chi connectivity index (χ2v) is 6.83. The molecule has 0 aliphatic heterocycles. The third-order valence-electron chi connectivity index (χ3n) is 5.15. The summed E-state index contributed by atoms with van der Waals surface area (Å²) in [4.78, 5) is 16.3. The standard InChI is InChI=1S/C25H22N2O2/c1-29-24(28)17-23-18-27(19-26-23)25(20-11-5-2-6-12-20,21-13-7-3-8-14-21)22-15-9-4-10-16-22/h2-16,18-19H,17H2,1H3. The molecule has 3 aromatic carbocycles. The van der Waals surface area contributed by atoms with Gasteiger partial charge in [-0.05, 0) is 16.7 Å². The molecule has 4 nitrogen and oxygen atoms in total. The number of nitrogens with zero attached hydrogens (tertiary/aromatic N) is 2. The molecule has 0 unspecified atom stereocenters. The van der Waals surface area contributed by atoms with Crippen LogP contribution in [0, 0.1) is 0 Å². The number of imidazole rings is 1. The molecular weight excluding hydrogens is 360 g/mol. The predicted molar refractivity (Wildman–Crippen MR) is 113 cm³/mol. The van der Waals surface area contributed by atoms with Crippen molar-refractivity contribution in [2.75, 3.05) is 7.11 Å². The first-order chi connectivity index (χ1) is 14.2. The lowest BCUT2D eigenvalue weighted by Gasteiger charge is -2.37. The summed E-state index contributed by atoms with van der Waals surface area (Å²) in [5.74, 6) is -0.306. The smallest absolute Gasteiger partial charge is 0.311 e. The molecule has 0 saturated carbocycles. The quantitative estimate of drug-likeness (QED) is 0.366. The van der Waals surface area contributed by atoms with Gasteiger partial charge in [0.15, 0.2) is 0 Å². The number of rotatable bonds is 6. The Bertz CT molecular complexity index is 977. The molecule has 0 radical (unpaired) electrons. The number of methoxy groups -OCH3 is 1. The van der Waals surface area contributed by atoms with Crippen molar-refractivity contribution in [3.8, 4) is 0 Å². The van der Waals surface area contributed by atoms with Gasteiger partial charge >= 0.3 is 5.97 Å². The highest BCUT2D eigenvalue weighted by atomic mass is 16.5. The minimum Gasteiger partial charge on any atom is -0.469 e. The first kappa shape index (κ1) is 18.7. The van der Waals surface area contributed by atoms with Crippen LogP contribution in [0.2, 0.25) is 0 Å². The lowest BCUT2D eigenvalue weighted by Crippen LogP contribution is -2.36. The van der Waals surface area contributed by atoms with Crippen LogP contribution >= 0.6 is 0 Å².